The number of halogens is 1. The molecule has 0 aromatic heterocycles. The average Bonchev–Trinajstić information content (AvgIpc) is 3.25. The lowest BCUT2D eigenvalue weighted by Crippen LogP contribution is -2.68. The van der Waals surface area contributed by atoms with Gasteiger partial charge in [0.2, 0.25) is 0 Å². The van der Waals surface area contributed by atoms with Crippen LogP contribution >= 0.6 is 15.9 Å². The Hall–Kier alpha value is -1.50. The Morgan fingerprint density at radius 1 is 1.00 bits per heavy atom. The second kappa shape index (κ2) is 13.2. The SMILES string of the molecule is CC/C=C/C[C@@H](Br)C1C[C@H](O[Si](c2ccccc2)(c2ccccc2)C(C)(C)C)C(C/C=C/CO)O1. The molecule has 1 saturated heterocycles. The molecule has 1 aliphatic rings. The second-order valence-corrected chi connectivity index (χ2v) is 15.7. The second-order valence-electron chi connectivity index (χ2n) is 10.3. The van der Waals surface area contributed by atoms with Gasteiger partial charge in [0, 0.05) is 11.2 Å². The number of rotatable bonds is 11. The van der Waals surface area contributed by atoms with Gasteiger partial charge in [0.05, 0.1) is 24.9 Å². The molecule has 5 heteroatoms. The first-order chi connectivity index (χ1) is 16.8. The maximum absolute atomic E-state index is 9.29. The molecule has 1 N–H and O–H groups in total. The van der Waals surface area contributed by atoms with Crippen molar-refractivity contribution in [3.63, 3.8) is 0 Å². The van der Waals surface area contributed by atoms with E-state index >= 15 is 0 Å². The van der Waals surface area contributed by atoms with E-state index < -0.39 is 8.32 Å². The van der Waals surface area contributed by atoms with Gasteiger partial charge in [-0.15, -0.1) is 0 Å². The minimum absolute atomic E-state index is 0.0372. The Labute approximate surface area is 221 Å². The van der Waals surface area contributed by atoms with Gasteiger partial charge in [0.25, 0.3) is 8.32 Å². The lowest BCUT2D eigenvalue weighted by atomic mass is 10.1. The van der Waals surface area contributed by atoms with Crippen LogP contribution in [0.25, 0.3) is 0 Å². The molecule has 1 aliphatic heterocycles. The third-order valence-corrected chi connectivity index (χ3v) is 12.8. The summed E-state index contributed by atoms with van der Waals surface area (Å²) in [6.45, 7) is 9.14. The van der Waals surface area contributed by atoms with E-state index in [9.17, 15) is 5.11 Å². The molecule has 0 bridgehead atoms. The first-order valence-electron chi connectivity index (χ1n) is 12.8. The Kier molecular flexibility index (Phi) is 10.6. The summed E-state index contributed by atoms with van der Waals surface area (Å²) in [4.78, 5) is 0.238. The van der Waals surface area contributed by atoms with E-state index in [-0.39, 0.29) is 34.8 Å². The summed E-state index contributed by atoms with van der Waals surface area (Å²) in [6.07, 6.45) is 11.8. The first-order valence-corrected chi connectivity index (χ1v) is 15.6. The zero-order valence-corrected chi connectivity index (χ0v) is 24.2. The lowest BCUT2D eigenvalue weighted by molar-refractivity contribution is 0.0169. The molecule has 0 radical (unpaired) electrons. The van der Waals surface area contributed by atoms with E-state index in [1.807, 2.05) is 6.08 Å². The quantitative estimate of drug-likeness (QED) is 0.205. The Bertz CT molecular complexity index is 900. The highest BCUT2D eigenvalue weighted by Gasteiger charge is 2.53. The van der Waals surface area contributed by atoms with E-state index in [4.69, 9.17) is 9.16 Å². The predicted octanol–water partition coefficient (Wildman–Crippen LogP) is 6.15. The van der Waals surface area contributed by atoms with Crippen molar-refractivity contribution in [1.29, 1.82) is 0 Å². The van der Waals surface area contributed by atoms with Crippen LogP contribution < -0.4 is 10.4 Å². The summed E-state index contributed by atoms with van der Waals surface area (Å²) in [6, 6.07) is 21.6. The van der Waals surface area contributed by atoms with Crippen molar-refractivity contribution in [2.45, 2.75) is 81.6 Å². The van der Waals surface area contributed by atoms with Crippen molar-refractivity contribution in [3.05, 3.63) is 85.0 Å². The van der Waals surface area contributed by atoms with Crippen LogP contribution in [0.2, 0.25) is 5.04 Å². The van der Waals surface area contributed by atoms with Crippen molar-refractivity contribution >= 4 is 34.6 Å². The third kappa shape index (κ3) is 6.84. The minimum atomic E-state index is -2.68. The summed E-state index contributed by atoms with van der Waals surface area (Å²) in [7, 11) is -2.68. The highest BCUT2D eigenvalue weighted by Crippen LogP contribution is 2.41. The molecular formula is C30H41BrO3Si. The molecule has 2 aromatic rings. The molecular weight excluding hydrogens is 516 g/mol. The number of alkyl halides is 1. The third-order valence-electron chi connectivity index (χ3n) is 6.78. The number of allylic oxidation sites excluding steroid dienone is 2. The van der Waals surface area contributed by atoms with Crippen LogP contribution in [-0.2, 0) is 9.16 Å². The van der Waals surface area contributed by atoms with Crippen molar-refractivity contribution in [3.8, 4) is 0 Å². The topological polar surface area (TPSA) is 38.7 Å². The van der Waals surface area contributed by atoms with Gasteiger partial charge in [-0.2, -0.15) is 0 Å². The number of hydrogen-bond acceptors (Lipinski definition) is 3. The molecule has 1 heterocycles. The molecule has 3 rings (SSSR count). The number of benzene rings is 2. The summed E-state index contributed by atoms with van der Waals surface area (Å²) in [5.74, 6) is 0. The summed E-state index contributed by atoms with van der Waals surface area (Å²) < 4.78 is 14.1. The van der Waals surface area contributed by atoms with E-state index in [1.165, 1.54) is 10.4 Å². The standard InChI is InChI=1S/C30H41BrO3Si/c1-5-6-9-20-26(31)28-23-29(27(33-28)21-14-15-22-32)34-35(30(2,3)4,24-16-10-7-11-17-24)25-18-12-8-13-19-25/h6-19,26-29,32H,5,20-23H2,1-4H3/b9-6+,15-14+/t26-,27?,28?,29+/m1/s1. The predicted molar refractivity (Wildman–Crippen MR) is 153 cm³/mol. The molecule has 35 heavy (non-hydrogen) atoms. The maximum Gasteiger partial charge on any atom is 0.261 e. The van der Waals surface area contributed by atoms with Gasteiger partial charge >= 0.3 is 0 Å². The average molecular weight is 558 g/mol. The molecule has 3 nitrogen and oxygen atoms in total. The van der Waals surface area contributed by atoms with Gasteiger partial charge in [0.15, 0.2) is 0 Å². The zero-order valence-electron chi connectivity index (χ0n) is 21.6. The first kappa shape index (κ1) is 28.1. The van der Waals surface area contributed by atoms with Crippen LogP contribution in [0, 0.1) is 0 Å². The highest BCUT2D eigenvalue weighted by atomic mass is 79.9. The number of ether oxygens (including phenoxy) is 1. The van der Waals surface area contributed by atoms with Crippen LogP contribution in [0.15, 0.2) is 85.0 Å². The lowest BCUT2D eigenvalue weighted by Gasteiger charge is -2.45. The molecule has 2 aromatic carbocycles. The van der Waals surface area contributed by atoms with E-state index in [2.05, 4.69) is 116 Å². The molecule has 0 amide bonds. The van der Waals surface area contributed by atoms with E-state index in [0.717, 1.165) is 25.7 Å². The molecule has 4 atom stereocenters. The molecule has 2 unspecified atom stereocenters. The zero-order chi connectivity index (χ0) is 25.3. The Morgan fingerprint density at radius 2 is 1.60 bits per heavy atom. The van der Waals surface area contributed by atoms with Gasteiger partial charge < -0.3 is 14.3 Å². The number of hydrogen-bond donors (Lipinski definition) is 1. The molecule has 1 fully saturated rings. The van der Waals surface area contributed by atoms with Gasteiger partial charge in [-0.1, -0.05) is 129 Å². The van der Waals surface area contributed by atoms with Crippen molar-refractivity contribution in [2.24, 2.45) is 0 Å². The fourth-order valence-electron chi connectivity index (χ4n) is 5.08. The highest BCUT2D eigenvalue weighted by molar-refractivity contribution is 9.09. The largest absolute Gasteiger partial charge is 0.402 e. The molecule has 0 spiro atoms. The summed E-state index contributed by atoms with van der Waals surface area (Å²) in [5, 5.41) is 11.8. The van der Waals surface area contributed by atoms with E-state index in [1.54, 1.807) is 6.08 Å². The number of aliphatic hydroxyl groups is 1. The van der Waals surface area contributed by atoms with Crippen LogP contribution in [0.4, 0.5) is 0 Å². The van der Waals surface area contributed by atoms with Gasteiger partial charge in [0.1, 0.15) is 0 Å². The smallest absolute Gasteiger partial charge is 0.261 e. The summed E-state index contributed by atoms with van der Waals surface area (Å²) in [5.41, 5.74) is 0. The fraction of sp³-hybridized carbons (Fsp3) is 0.467. The van der Waals surface area contributed by atoms with Crippen molar-refractivity contribution < 1.29 is 14.3 Å². The maximum atomic E-state index is 9.29. The molecule has 0 saturated carbocycles. The van der Waals surface area contributed by atoms with Crippen LogP contribution in [0.5, 0.6) is 0 Å². The van der Waals surface area contributed by atoms with Crippen molar-refractivity contribution in [2.75, 3.05) is 6.61 Å². The van der Waals surface area contributed by atoms with Gasteiger partial charge in [-0.3, -0.25) is 0 Å². The molecule has 0 aliphatic carbocycles. The number of aliphatic hydroxyl groups excluding tert-OH is 1. The van der Waals surface area contributed by atoms with Gasteiger partial charge in [-0.05, 0) is 34.7 Å². The van der Waals surface area contributed by atoms with E-state index in [0.29, 0.717) is 0 Å². The monoisotopic (exact) mass is 556 g/mol. The van der Waals surface area contributed by atoms with Crippen LogP contribution in [0.1, 0.15) is 53.4 Å². The van der Waals surface area contributed by atoms with Crippen molar-refractivity contribution in [1.82, 2.24) is 0 Å². The normalized spacial score (nSPS) is 22.3. The Balaban J connectivity index is 2.01. The molecule has 190 valence electrons. The Morgan fingerprint density at radius 3 is 2.11 bits per heavy atom. The van der Waals surface area contributed by atoms with Crippen LogP contribution in [-0.4, -0.2) is 43.2 Å². The van der Waals surface area contributed by atoms with Gasteiger partial charge in [-0.25, -0.2) is 0 Å². The fourth-order valence-corrected chi connectivity index (χ4v) is 10.4. The minimum Gasteiger partial charge on any atom is -0.402 e. The summed E-state index contributed by atoms with van der Waals surface area (Å²) >= 11 is 3.90. The van der Waals surface area contributed by atoms with Crippen LogP contribution in [0.3, 0.4) is 0 Å².